The average molecular weight is 1240 g/mol. The molecule has 0 amide bonds. The number of aromatic hydroxyl groups is 2. The SMILES string of the molecule is CCCCC(C=Nc1ccccc1)=Nc1ccccc1.CCCCCCCCC=CCCc1ccccc1N=C(CCCCC)C(CCCCCC)=Nc1ccccc1CCC=CCCCCCCCC.CCCCCc1ccc(O)c(O)c1C(=O)O.[Ni]. The minimum absolute atomic E-state index is 0. The molecule has 0 heterocycles. The predicted molar refractivity (Wildman–Crippen MR) is 378 cm³/mol. The van der Waals surface area contributed by atoms with E-state index in [4.69, 9.17) is 15.1 Å². The molecule has 5 aromatic carbocycles. The number of aliphatic imine (C=N–C) groups is 4. The number of phenols is 2. The number of allylic oxidation sites excluding steroid dienone is 4. The van der Waals surface area contributed by atoms with Crippen molar-refractivity contribution < 1.29 is 36.6 Å². The molecule has 9 heteroatoms. The van der Waals surface area contributed by atoms with E-state index in [1.165, 1.54) is 157 Å². The normalized spacial score (nSPS) is 11.9. The molecule has 0 atom stereocenters. The summed E-state index contributed by atoms with van der Waals surface area (Å²) in [4.78, 5) is 31.1. The maximum atomic E-state index is 11.0. The van der Waals surface area contributed by atoms with Crippen LogP contribution in [-0.2, 0) is 35.8 Å². The number of carboxylic acids is 1. The number of hydrogen-bond acceptors (Lipinski definition) is 7. The monoisotopic (exact) mass is 1240 g/mol. The first-order chi connectivity index (χ1) is 42.7. The first-order valence-corrected chi connectivity index (χ1v) is 34.3. The third-order valence-corrected chi connectivity index (χ3v) is 15.5. The van der Waals surface area contributed by atoms with Crippen LogP contribution in [0, 0.1) is 0 Å². The molecule has 5 aromatic rings. The van der Waals surface area contributed by atoms with Gasteiger partial charge in [-0.3, -0.25) is 20.0 Å². The zero-order chi connectivity index (χ0) is 62.6. The summed E-state index contributed by atoms with van der Waals surface area (Å²) in [6.45, 7) is 13.4. The fraction of sp³-hybridized carbons (Fsp3) is 0.506. The Morgan fingerprint density at radius 1 is 0.386 bits per heavy atom. The number of aryl methyl sites for hydroxylation is 3. The topological polar surface area (TPSA) is 127 Å². The van der Waals surface area contributed by atoms with Gasteiger partial charge in [-0.1, -0.05) is 260 Å². The Labute approximate surface area is 544 Å². The fourth-order valence-corrected chi connectivity index (χ4v) is 10.3. The molecular formula is C79H114N4NiO4. The van der Waals surface area contributed by atoms with E-state index in [2.05, 4.69) is 124 Å². The molecule has 0 saturated heterocycles. The van der Waals surface area contributed by atoms with Crippen LogP contribution in [0.5, 0.6) is 11.5 Å². The first-order valence-electron chi connectivity index (χ1n) is 34.3. The van der Waals surface area contributed by atoms with Gasteiger partial charge in [-0.05, 0) is 162 Å². The van der Waals surface area contributed by atoms with Gasteiger partial charge in [0.2, 0.25) is 0 Å². The maximum absolute atomic E-state index is 11.0. The average Bonchev–Trinajstić information content (AvgIpc) is 2.14. The molecule has 484 valence electrons. The molecule has 0 spiro atoms. The van der Waals surface area contributed by atoms with Gasteiger partial charge in [-0.15, -0.1) is 0 Å². The van der Waals surface area contributed by atoms with Crippen LogP contribution in [0.3, 0.4) is 0 Å². The van der Waals surface area contributed by atoms with Crippen LogP contribution >= 0.6 is 0 Å². The zero-order valence-electron chi connectivity index (χ0n) is 55.3. The van der Waals surface area contributed by atoms with Crippen molar-refractivity contribution in [2.75, 3.05) is 0 Å². The van der Waals surface area contributed by atoms with E-state index in [9.17, 15) is 15.0 Å². The van der Waals surface area contributed by atoms with Crippen molar-refractivity contribution in [3.63, 3.8) is 0 Å². The molecule has 3 N–H and O–H groups in total. The Morgan fingerprint density at radius 3 is 1.30 bits per heavy atom. The number of nitrogens with zero attached hydrogens (tertiary/aromatic N) is 4. The van der Waals surface area contributed by atoms with Crippen molar-refractivity contribution >= 4 is 52.1 Å². The van der Waals surface area contributed by atoms with E-state index in [0.29, 0.717) is 12.0 Å². The van der Waals surface area contributed by atoms with E-state index in [-0.39, 0.29) is 22.1 Å². The molecule has 0 bridgehead atoms. The summed E-state index contributed by atoms with van der Waals surface area (Å²) in [5, 5.41) is 27.7. The molecule has 0 aliphatic rings. The van der Waals surface area contributed by atoms with Crippen molar-refractivity contribution in [3.8, 4) is 11.5 Å². The summed E-state index contributed by atoms with van der Waals surface area (Å²) in [6.07, 6.45) is 51.9. The van der Waals surface area contributed by atoms with Crippen molar-refractivity contribution in [2.45, 2.75) is 260 Å². The molecule has 0 fully saturated rings. The van der Waals surface area contributed by atoms with Gasteiger partial charge in [0.05, 0.1) is 39.9 Å². The van der Waals surface area contributed by atoms with Crippen LogP contribution < -0.4 is 0 Å². The number of para-hydroxylation sites is 4. The Bertz CT molecular complexity index is 2750. The number of aromatic carboxylic acids is 1. The van der Waals surface area contributed by atoms with Crippen LogP contribution in [0.15, 0.2) is 166 Å². The van der Waals surface area contributed by atoms with Crippen molar-refractivity contribution in [1.82, 2.24) is 0 Å². The number of rotatable bonds is 43. The van der Waals surface area contributed by atoms with Crippen LogP contribution in [-0.4, -0.2) is 44.6 Å². The second-order valence-corrected chi connectivity index (χ2v) is 23.1. The van der Waals surface area contributed by atoms with Gasteiger partial charge in [0.15, 0.2) is 11.5 Å². The smallest absolute Gasteiger partial charge is 0.339 e. The Balaban J connectivity index is 0.000000574. The summed E-state index contributed by atoms with van der Waals surface area (Å²) >= 11 is 0. The second-order valence-electron chi connectivity index (χ2n) is 23.1. The van der Waals surface area contributed by atoms with Gasteiger partial charge in [0.1, 0.15) is 5.56 Å². The van der Waals surface area contributed by atoms with E-state index >= 15 is 0 Å². The van der Waals surface area contributed by atoms with Crippen molar-refractivity contribution in [2.24, 2.45) is 20.0 Å². The van der Waals surface area contributed by atoms with Crippen molar-refractivity contribution in [1.29, 1.82) is 0 Å². The maximum Gasteiger partial charge on any atom is 0.339 e. The third kappa shape index (κ3) is 35.7. The molecule has 0 unspecified atom stereocenters. The second kappa shape index (κ2) is 52.7. The number of unbranched alkanes of at least 4 members (excludes halogenated alkanes) is 20. The van der Waals surface area contributed by atoms with E-state index in [1.54, 1.807) is 6.07 Å². The number of benzene rings is 5. The largest absolute Gasteiger partial charge is 0.504 e. The van der Waals surface area contributed by atoms with Crippen LogP contribution in [0.4, 0.5) is 22.7 Å². The van der Waals surface area contributed by atoms with E-state index in [1.807, 2.05) is 66.9 Å². The van der Waals surface area contributed by atoms with Crippen LogP contribution in [0.2, 0.25) is 0 Å². The van der Waals surface area contributed by atoms with Crippen LogP contribution in [0.25, 0.3) is 0 Å². The summed E-state index contributed by atoms with van der Waals surface area (Å²) in [5.74, 6) is -2.14. The molecule has 0 aliphatic heterocycles. The molecule has 0 aromatic heterocycles. The summed E-state index contributed by atoms with van der Waals surface area (Å²) < 4.78 is 0. The number of carboxylic acid groups (broad SMARTS) is 1. The zero-order valence-corrected chi connectivity index (χ0v) is 56.3. The summed E-state index contributed by atoms with van der Waals surface area (Å²) in [6, 6.07) is 40.6. The van der Waals surface area contributed by atoms with E-state index < -0.39 is 17.5 Å². The van der Waals surface area contributed by atoms with Crippen LogP contribution in [0.1, 0.15) is 268 Å². The third-order valence-electron chi connectivity index (χ3n) is 15.5. The van der Waals surface area contributed by atoms with Gasteiger partial charge in [0, 0.05) is 22.7 Å². The van der Waals surface area contributed by atoms with Gasteiger partial charge >= 0.3 is 5.97 Å². The number of phenolic OH excluding ortho intramolecular Hbond substituents is 1. The molecular weight excluding hydrogens is 1130 g/mol. The standard InChI is InChI=1S/C49H78N2.C18H20N2.C12H16O4.Ni/c1-5-9-13-16-18-20-22-24-26-29-36-44-38-32-34-40-46(44)50-48(42-28-12-8-4)49(43-31-15-11-7-3)51-47-41-35-33-39-45(47)37-30-27-25-23-21-19-17-14-10-6-2;1-2-3-10-18(20-17-13-8-5-9-14-17)15-19-16-11-6-4-7-12-16;1-2-3-4-5-8-6-7-9(13)11(14)10(8)12(15)16;/h24-27,32-35,38-41H,5-23,28-31,36-37,42-43H2,1-4H3;4-9,11-15H,2-3,10H2,1H3;6-7,13-14H,2-5H2,1H3,(H,15,16);. The van der Waals surface area contributed by atoms with Gasteiger partial charge < -0.3 is 15.3 Å². The minimum Gasteiger partial charge on any atom is -0.504 e. The number of hydrogen-bond donors (Lipinski definition) is 3. The fourth-order valence-electron chi connectivity index (χ4n) is 10.3. The Kier molecular flexibility index (Phi) is 46.7. The molecule has 8 nitrogen and oxygen atoms in total. The molecule has 0 saturated carbocycles. The summed E-state index contributed by atoms with van der Waals surface area (Å²) in [5.41, 5.74) is 10.8. The predicted octanol–water partition coefficient (Wildman–Crippen LogP) is 24.4. The van der Waals surface area contributed by atoms with E-state index in [0.717, 1.165) is 112 Å². The van der Waals surface area contributed by atoms with Crippen molar-refractivity contribution in [3.05, 3.63) is 168 Å². The Hall–Kier alpha value is -6.18. The molecule has 5 rings (SSSR count). The first kappa shape index (κ1) is 77.9. The number of carbonyl (C=O) groups is 1. The van der Waals surface area contributed by atoms with Gasteiger partial charge in [0.25, 0.3) is 0 Å². The molecule has 0 aliphatic carbocycles. The molecule has 88 heavy (non-hydrogen) atoms. The molecule has 0 radical (unpaired) electrons. The van der Waals surface area contributed by atoms with Gasteiger partial charge in [-0.25, -0.2) is 4.79 Å². The summed E-state index contributed by atoms with van der Waals surface area (Å²) in [7, 11) is 0. The Morgan fingerprint density at radius 2 is 0.795 bits per heavy atom. The quantitative estimate of drug-likeness (QED) is 0.0118. The van der Waals surface area contributed by atoms with Gasteiger partial charge in [-0.2, -0.15) is 0 Å². The minimum atomic E-state index is -1.21.